The van der Waals surface area contributed by atoms with Crippen LogP contribution in [0.25, 0.3) is 33.7 Å². The first-order valence-corrected chi connectivity index (χ1v) is 16.5. The summed E-state index contributed by atoms with van der Waals surface area (Å²) in [7, 11) is 0. The van der Waals surface area contributed by atoms with Crippen LogP contribution < -0.4 is 10.6 Å². The van der Waals surface area contributed by atoms with Gasteiger partial charge >= 0.3 is 0 Å². The third-order valence-corrected chi connectivity index (χ3v) is 8.42. The van der Waals surface area contributed by atoms with Crippen molar-refractivity contribution >= 4 is 34.0 Å². The van der Waals surface area contributed by atoms with E-state index in [-0.39, 0.29) is 12.1 Å². The topological polar surface area (TPSA) is 159 Å². The van der Waals surface area contributed by atoms with Crippen molar-refractivity contribution in [3.8, 4) is 23.8 Å². The van der Waals surface area contributed by atoms with Crippen molar-refractivity contribution in [1.29, 1.82) is 10.5 Å². The molecule has 0 aliphatic heterocycles. The Morgan fingerprint density at radius 1 is 0.538 bits per heavy atom. The Morgan fingerprint density at radius 3 is 1.60 bits per heavy atom. The van der Waals surface area contributed by atoms with E-state index in [0.717, 1.165) is 33.4 Å². The van der Waals surface area contributed by atoms with E-state index in [4.69, 9.17) is 10.5 Å². The Kier molecular flexibility index (Phi) is 9.53. The maximum absolute atomic E-state index is 9.13. The van der Waals surface area contributed by atoms with Crippen LogP contribution >= 0.6 is 0 Å². The number of fused-ring (bicyclic) bond motifs is 2. The van der Waals surface area contributed by atoms with Gasteiger partial charge in [-0.1, -0.05) is 60.7 Å². The Hall–Kier alpha value is -7.44. The Balaban J connectivity index is 0.000000162. The summed E-state index contributed by atoms with van der Waals surface area (Å²) in [5.41, 5.74) is 6.81. The summed E-state index contributed by atoms with van der Waals surface area (Å²) in [5, 5.41) is 24.8. The van der Waals surface area contributed by atoms with Crippen molar-refractivity contribution in [2.75, 3.05) is 10.6 Å². The van der Waals surface area contributed by atoms with Crippen LogP contribution in [0.4, 0.5) is 11.9 Å². The second kappa shape index (κ2) is 15.0. The molecule has 0 unspecified atom stereocenters. The van der Waals surface area contributed by atoms with E-state index in [9.17, 15) is 0 Å². The molecule has 2 N–H and O–H groups in total. The molecule has 0 spiro atoms. The van der Waals surface area contributed by atoms with Gasteiger partial charge in [0.25, 0.3) is 0 Å². The maximum atomic E-state index is 9.13. The molecule has 0 radical (unpaired) electrons. The zero-order chi connectivity index (χ0) is 35.9. The van der Waals surface area contributed by atoms with Gasteiger partial charge < -0.3 is 10.6 Å². The number of hydrogen-bond acceptors (Lipinski definition) is 10. The van der Waals surface area contributed by atoms with Crippen molar-refractivity contribution in [3.63, 3.8) is 0 Å². The number of hydrogen-bond donors (Lipinski definition) is 2. The van der Waals surface area contributed by atoms with Crippen molar-refractivity contribution in [2.45, 2.75) is 25.9 Å². The molecular formula is C40H32N12. The van der Waals surface area contributed by atoms with Gasteiger partial charge in [-0.25, -0.2) is 19.9 Å². The summed E-state index contributed by atoms with van der Waals surface area (Å²) in [6.45, 7) is 4.14. The molecule has 0 aliphatic carbocycles. The zero-order valence-corrected chi connectivity index (χ0v) is 28.3. The van der Waals surface area contributed by atoms with Gasteiger partial charge in [-0.15, -0.1) is 0 Å². The van der Waals surface area contributed by atoms with Crippen LogP contribution in [-0.2, 0) is 0 Å². The van der Waals surface area contributed by atoms with Gasteiger partial charge in [-0.05, 0) is 73.5 Å². The van der Waals surface area contributed by atoms with Crippen LogP contribution in [0.5, 0.6) is 0 Å². The fourth-order valence-corrected chi connectivity index (χ4v) is 5.67. The van der Waals surface area contributed by atoms with E-state index in [1.807, 2.05) is 75.9 Å². The number of aromatic nitrogens is 8. The Labute approximate surface area is 299 Å². The highest BCUT2D eigenvalue weighted by Gasteiger charge is 2.12. The molecule has 12 heteroatoms. The van der Waals surface area contributed by atoms with Gasteiger partial charge in [0, 0.05) is 12.4 Å². The molecule has 4 heterocycles. The van der Waals surface area contributed by atoms with E-state index in [0.29, 0.717) is 28.8 Å². The lowest BCUT2D eigenvalue weighted by Gasteiger charge is -2.14. The summed E-state index contributed by atoms with van der Waals surface area (Å²) in [6.07, 6.45) is 6.84. The van der Waals surface area contributed by atoms with Crippen LogP contribution in [-0.4, -0.2) is 39.0 Å². The highest BCUT2D eigenvalue weighted by Crippen LogP contribution is 2.22. The standard InChI is InChI=1S/2C20H16N6/c1-14(16-5-3-2-4-6-16)24-20-22-10-9-19(25-20)26-13-23-17-11-15(12-21)7-8-18(17)26;1-14(16-5-3-2-4-6-16)24-20-22-10-9-19(25-20)26-13-23-17-8-7-15(12-21)11-18(17)26/h2*2-11,13-14H,1H3,(H,22,24,25)/t2*14-/m00/s1. The quantitative estimate of drug-likeness (QED) is 0.163. The molecule has 52 heavy (non-hydrogen) atoms. The molecule has 0 saturated carbocycles. The fourth-order valence-electron chi connectivity index (χ4n) is 5.67. The van der Waals surface area contributed by atoms with Gasteiger partial charge in [0.2, 0.25) is 11.9 Å². The second-order valence-electron chi connectivity index (χ2n) is 11.9. The summed E-state index contributed by atoms with van der Waals surface area (Å²) >= 11 is 0. The molecule has 0 amide bonds. The molecule has 2 atom stereocenters. The predicted molar refractivity (Wildman–Crippen MR) is 200 cm³/mol. The molecule has 4 aromatic carbocycles. The largest absolute Gasteiger partial charge is 0.348 e. The van der Waals surface area contributed by atoms with Crippen LogP contribution in [0.3, 0.4) is 0 Å². The monoisotopic (exact) mass is 680 g/mol. The summed E-state index contributed by atoms with van der Waals surface area (Å²) in [5.74, 6) is 2.50. The van der Waals surface area contributed by atoms with E-state index >= 15 is 0 Å². The normalized spacial score (nSPS) is 11.8. The highest BCUT2D eigenvalue weighted by molar-refractivity contribution is 5.79. The number of benzene rings is 4. The van der Waals surface area contributed by atoms with Crippen LogP contribution in [0.2, 0.25) is 0 Å². The SMILES string of the molecule is C[C@H](Nc1nccc(-n2cnc3cc(C#N)ccc32)n1)c1ccccc1.C[C@H](Nc1nccc(-n2cnc3ccc(C#N)cc32)n1)c1ccccc1. The van der Waals surface area contributed by atoms with E-state index in [1.165, 1.54) is 5.56 Å². The fraction of sp³-hybridized carbons (Fsp3) is 0.100. The molecule has 252 valence electrons. The molecule has 8 rings (SSSR count). The first-order chi connectivity index (χ1) is 25.5. The van der Waals surface area contributed by atoms with Crippen molar-refractivity contribution in [2.24, 2.45) is 0 Å². The Morgan fingerprint density at radius 2 is 1.04 bits per heavy atom. The van der Waals surface area contributed by atoms with Gasteiger partial charge in [0.15, 0.2) is 0 Å². The number of anilines is 2. The predicted octanol–water partition coefficient (Wildman–Crippen LogP) is 7.72. The van der Waals surface area contributed by atoms with Gasteiger partial charge in [0.05, 0.1) is 57.4 Å². The molecule has 0 fully saturated rings. The lowest BCUT2D eigenvalue weighted by molar-refractivity contribution is 0.854. The van der Waals surface area contributed by atoms with Gasteiger partial charge in [0.1, 0.15) is 24.3 Å². The number of nitrogens with zero attached hydrogens (tertiary/aromatic N) is 10. The first kappa shape index (κ1) is 33.1. The lowest BCUT2D eigenvalue weighted by atomic mass is 10.1. The molecule has 8 aromatic rings. The third-order valence-electron chi connectivity index (χ3n) is 8.42. The molecule has 0 aliphatic rings. The molecule has 4 aromatic heterocycles. The summed E-state index contributed by atoms with van der Waals surface area (Å²) in [6, 6.07) is 39.2. The van der Waals surface area contributed by atoms with E-state index in [1.54, 1.807) is 43.2 Å². The third kappa shape index (κ3) is 7.27. The number of imidazole rings is 2. The summed E-state index contributed by atoms with van der Waals surface area (Å²) in [4.78, 5) is 26.6. The number of nitrogens with one attached hydrogen (secondary N) is 2. The lowest BCUT2D eigenvalue weighted by Crippen LogP contribution is -2.10. The smallest absolute Gasteiger partial charge is 0.225 e. The number of nitriles is 2. The zero-order valence-electron chi connectivity index (χ0n) is 28.3. The van der Waals surface area contributed by atoms with Crippen molar-refractivity contribution in [1.82, 2.24) is 39.0 Å². The average Bonchev–Trinajstić information content (AvgIpc) is 3.83. The number of rotatable bonds is 8. The summed E-state index contributed by atoms with van der Waals surface area (Å²) < 4.78 is 3.74. The van der Waals surface area contributed by atoms with E-state index < -0.39 is 0 Å². The molecule has 0 saturated heterocycles. The first-order valence-electron chi connectivity index (χ1n) is 16.5. The molecule has 0 bridgehead atoms. The minimum absolute atomic E-state index is 0.0798. The van der Waals surface area contributed by atoms with Crippen LogP contribution in [0.15, 0.2) is 134 Å². The van der Waals surface area contributed by atoms with Crippen LogP contribution in [0.1, 0.15) is 48.2 Å². The average molecular weight is 681 g/mol. The Bertz CT molecular complexity index is 2550. The van der Waals surface area contributed by atoms with Crippen LogP contribution in [0, 0.1) is 22.7 Å². The maximum Gasteiger partial charge on any atom is 0.225 e. The van der Waals surface area contributed by atoms with Gasteiger partial charge in [-0.3, -0.25) is 9.13 Å². The molecule has 12 nitrogen and oxygen atoms in total. The second-order valence-corrected chi connectivity index (χ2v) is 11.9. The van der Waals surface area contributed by atoms with E-state index in [2.05, 4.69) is 90.8 Å². The van der Waals surface area contributed by atoms with Crippen molar-refractivity contribution < 1.29 is 0 Å². The minimum Gasteiger partial charge on any atom is -0.348 e. The highest BCUT2D eigenvalue weighted by atomic mass is 15.2. The minimum atomic E-state index is 0.0798. The van der Waals surface area contributed by atoms with Gasteiger partial charge in [-0.2, -0.15) is 20.5 Å². The van der Waals surface area contributed by atoms with Crippen molar-refractivity contribution in [3.05, 3.63) is 156 Å². The molecular weight excluding hydrogens is 649 g/mol.